The number of hydrogen-bond acceptors (Lipinski definition) is 0. The Balaban J connectivity index is 4.78. The first kappa shape index (κ1) is 13.1. The van der Waals surface area contributed by atoms with Gasteiger partial charge in [0.2, 0.25) is 0 Å². The molecule has 0 fully saturated rings. The molecular weight excluding hydrogens is 266 g/mol. The number of alkyl halides is 7. The molecule has 0 aromatic heterocycles. The maximum atomic E-state index is 11.9. The van der Waals surface area contributed by atoms with E-state index in [0.29, 0.717) is 0 Å². The van der Waals surface area contributed by atoms with Crippen LogP contribution in [0.25, 0.3) is 0 Å². The lowest BCUT2D eigenvalue weighted by molar-refractivity contribution is -0.295. The lowest BCUT2D eigenvalue weighted by Crippen LogP contribution is -2.41. The second-order valence-electron chi connectivity index (χ2n) is 2.69. The molecule has 0 heterocycles. The van der Waals surface area contributed by atoms with Crippen LogP contribution >= 0.6 is 15.9 Å². The maximum absolute atomic E-state index is 11.9. The van der Waals surface area contributed by atoms with E-state index in [2.05, 4.69) is 15.9 Å². The number of halogens is 7. The zero-order valence-electron chi connectivity index (χ0n) is 6.51. The van der Waals surface area contributed by atoms with Gasteiger partial charge in [-0.15, -0.1) is 0 Å². The Kier molecular flexibility index (Phi) is 4.08. The van der Waals surface area contributed by atoms with Gasteiger partial charge in [0.25, 0.3) is 0 Å². The highest BCUT2D eigenvalue weighted by Gasteiger charge is 2.58. The van der Waals surface area contributed by atoms with Crippen LogP contribution in [-0.2, 0) is 0 Å². The Morgan fingerprint density at radius 1 is 1.00 bits per heavy atom. The number of hydrogen-bond donors (Lipinski definition) is 0. The third kappa shape index (κ3) is 3.74. The summed E-state index contributed by atoms with van der Waals surface area (Å²) >= 11 is 2.60. The van der Waals surface area contributed by atoms with Gasteiger partial charge < -0.3 is 0 Å². The molecule has 0 saturated heterocycles. The molecule has 0 nitrogen and oxygen atoms in total. The highest BCUT2D eigenvalue weighted by Crippen LogP contribution is 2.44. The molecule has 0 aromatic rings. The van der Waals surface area contributed by atoms with Crippen LogP contribution < -0.4 is 0 Å². The molecule has 0 aliphatic rings. The Hall–Kier alpha value is 0.0600. The van der Waals surface area contributed by atoms with Crippen molar-refractivity contribution in [1.82, 2.24) is 0 Å². The molecule has 0 aliphatic carbocycles. The molecule has 0 aliphatic heterocycles. The van der Waals surface area contributed by atoms with Gasteiger partial charge in [-0.2, -0.15) is 26.3 Å². The molecule has 0 bridgehead atoms. The zero-order chi connectivity index (χ0) is 10.9. The van der Waals surface area contributed by atoms with Crippen LogP contribution in [0.2, 0.25) is 0 Å². The van der Waals surface area contributed by atoms with E-state index in [-0.39, 0.29) is 5.33 Å². The predicted molar refractivity (Wildman–Crippen MR) is 38.6 cm³/mol. The van der Waals surface area contributed by atoms with Gasteiger partial charge in [-0.25, -0.2) is 0 Å². The van der Waals surface area contributed by atoms with Gasteiger partial charge in [0.15, 0.2) is 5.92 Å². The minimum atomic E-state index is -5.23. The molecule has 0 amide bonds. The van der Waals surface area contributed by atoms with Gasteiger partial charge in [0, 0.05) is 5.33 Å². The summed E-state index contributed by atoms with van der Waals surface area (Å²) < 4.78 is 71.5. The summed E-state index contributed by atoms with van der Waals surface area (Å²) in [5.74, 6) is -4.76. The lowest BCUT2D eigenvalue weighted by Gasteiger charge is -2.26. The molecule has 0 rings (SSSR count). The number of rotatable bonds is 2. The van der Waals surface area contributed by atoms with Crippen LogP contribution in [0.1, 0.15) is 6.92 Å². The van der Waals surface area contributed by atoms with E-state index in [4.69, 9.17) is 0 Å². The molecule has 7 heteroatoms. The predicted octanol–water partition coefficient (Wildman–Crippen LogP) is 3.76. The van der Waals surface area contributed by atoms with Crippen LogP contribution in [0.5, 0.6) is 0 Å². The Bertz CT molecular complexity index is 145. The molecule has 0 spiro atoms. The summed E-state index contributed by atoms with van der Waals surface area (Å²) in [5, 5.41) is -0.337. The van der Waals surface area contributed by atoms with Crippen molar-refractivity contribution >= 4 is 15.9 Å². The molecule has 1 atom stereocenters. The highest BCUT2D eigenvalue weighted by molar-refractivity contribution is 9.09. The van der Waals surface area contributed by atoms with Gasteiger partial charge >= 0.3 is 12.4 Å². The minimum absolute atomic E-state index is 0.337. The molecule has 0 saturated carbocycles. The summed E-state index contributed by atoms with van der Waals surface area (Å²) in [6.45, 7) is 0.903. The fourth-order valence-corrected chi connectivity index (χ4v) is 1.29. The van der Waals surface area contributed by atoms with E-state index in [1.807, 2.05) is 0 Å². The summed E-state index contributed by atoms with van der Waals surface area (Å²) in [5.41, 5.74) is 0. The molecule has 80 valence electrons. The quantitative estimate of drug-likeness (QED) is 0.531. The standard InChI is InChI=1S/C6H7BrF6/c1-3(2-7)4(5(8,9)10)6(11,12)13/h3-4H,2H2,1H3. The zero-order valence-corrected chi connectivity index (χ0v) is 8.09. The average Bonchev–Trinajstić information content (AvgIpc) is 1.80. The Labute approximate surface area is 79.4 Å². The van der Waals surface area contributed by atoms with E-state index >= 15 is 0 Å². The van der Waals surface area contributed by atoms with Crippen molar-refractivity contribution < 1.29 is 26.3 Å². The van der Waals surface area contributed by atoms with Crippen molar-refractivity contribution in [1.29, 1.82) is 0 Å². The monoisotopic (exact) mass is 272 g/mol. The van der Waals surface area contributed by atoms with E-state index in [0.717, 1.165) is 6.92 Å². The Morgan fingerprint density at radius 2 is 1.31 bits per heavy atom. The van der Waals surface area contributed by atoms with Gasteiger partial charge in [0.1, 0.15) is 0 Å². The van der Waals surface area contributed by atoms with Crippen molar-refractivity contribution in [2.24, 2.45) is 11.8 Å². The lowest BCUT2D eigenvalue weighted by atomic mass is 9.95. The fourth-order valence-electron chi connectivity index (χ4n) is 0.920. The third-order valence-electron chi connectivity index (χ3n) is 1.52. The smallest absolute Gasteiger partial charge is 0.170 e. The second kappa shape index (κ2) is 4.06. The van der Waals surface area contributed by atoms with E-state index in [9.17, 15) is 26.3 Å². The van der Waals surface area contributed by atoms with Crippen molar-refractivity contribution in [2.45, 2.75) is 19.3 Å². The summed E-state index contributed by atoms with van der Waals surface area (Å²) in [7, 11) is 0. The van der Waals surface area contributed by atoms with Gasteiger partial charge in [-0.1, -0.05) is 22.9 Å². The van der Waals surface area contributed by atoms with Crippen LogP contribution in [0.15, 0.2) is 0 Å². The van der Waals surface area contributed by atoms with Crippen molar-refractivity contribution in [2.75, 3.05) is 5.33 Å². The minimum Gasteiger partial charge on any atom is -0.170 e. The molecule has 13 heavy (non-hydrogen) atoms. The average molecular weight is 273 g/mol. The fraction of sp³-hybridized carbons (Fsp3) is 1.00. The van der Waals surface area contributed by atoms with E-state index < -0.39 is 24.2 Å². The first-order valence-corrected chi connectivity index (χ1v) is 4.42. The molecule has 0 radical (unpaired) electrons. The van der Waals surface area contributed by atoms with Crippen LogP contribution in [-0.4, -0.2) is 17.7 Å². The van der Waals surface area contributed by atoms with E-state index in [1.165, 1.54) is 0 Å². The van der Waals surface area contributed by atoms with Crippen molar-refractivity contribution in [3.8, 4) is 0 Å². The SMILES string of the molecule is CC(CBr)C(C(F)(F)F)C(F)(F)F. The summed E-state index contributed by atoms with van der Waals surface area (Å²) in [4.78, 5) is 0. The maximum Gasteiger partial charge on any atom is 0.400 e. The van der Waals surface area contributed by atoms with E-state index in [1.54, 1.807) is 0 Å². The highest BCUT2D eigenvalue weighted by atomic mass is 79.9. The third-order valence-corrected chi connectivity index (χ3v) is 2.54. The molecule has 0 aromatic carbocycles. The van der Waals surface area contributed by atoms with Crippen molar-refractivity contribution in [3.05, 3.63) is 0 Å². The first-order valence-electron chi connectivity index (χ1n) is 3.30. The van der Waals surface area contributed by atoms with Gasteiger partial charge in [-0.05, 0) is 5.92 Å². The second-order valence-corrected chi connectivity index (χ2v) is 3.34. The first-order chi connectivity index (χ1) is 5.60. The Morgan fingerprint density at radius 3 is 1.38 bits per heavy atom. The van der Waals surface area contributed by atoms with Crippen LogP contribution in [0.4, 0.5) is 26.3 Å². The van der Waals surface area contributed by atoms with Gasteiger partial charge in [0.05, 0.1) is 0 Å². The van der Waals surface area contributed by atoms with Crippen LogP contribution in [0, 0.1) is 11.8 Å². The normalized spacial score (nSPS) is 16.4. The summed E-state index contributed by atoms with van der Waals surface area (Å²) in [6, 6.07) is 0. The van der Waals surface area contributed by atoms with Crippen LogP contribution in [0.3, 0.4) is 0 Å². The topological polar surface area (TPSA) is 0 Å². The largest absolute Gasteiger partial charge is 0.400 e. The molecular formula is C6H7BrF6. The van der Waals surface area contributed by atoms with Gasteiger partial charge in [-0.3, -0.25) is 0 Å². The van der Waals surface area contributed by atoms with Crippen molar-refractivity contribution in [3.63, 3.8) is 0 Å². The molecule has 1 unspecified atom stereocenters. The summed E-state index contributed by atoms with van der Waals surface area (Å²) in [6.07, 6.45) is -10.5. The molecule has 0 N–H and O–H groups in total.